The molecular formula is C13H16N4O3S. The maximum Gasteiger partial charge on any atom is 0.228 e. The van der Waals surface area contributed by atoms with Crippen LogP contribution in [0.2, 0.25) is 0 Å². The maximum atomic E-state index is 12.1. The number of aryl methyl sites for hydroxylation is 2. The van der Waals surface area contributed by atoms with Gasteiger partial charge in [-0.2, -0.15) is 5.10 Å². The van der Waals surface area contributed by atoms with Gasteiger partial charge in [0, 0.05) is 12.4 Å². The van der Waals surface area contributed by atoms with Crippen LogP contribution in [-0.2, 0) is 21.7 Å². The molecule has 21 heavy (non-hydrogen) atoms. The van der Waals surface area contributed by atoms with E-state index in [0.717, 1.165) is 16.7 Å². The fourth-order valence-electron chi connectivity index (χ4n) is 2.62. The molecule has 112 valence electrons. The van der Waals surface area contributed by atoms with E-state index in [2.05, 4.69) is 15.4 Å². The number of carbonyl (C=O) groups excluding carboxylic acids is 1. The van der Waals surface area contributed by atoms with Crippen molar-refractivity contribution in [1.82, 2.24) is 14.8 Å². The van der Waals surface area contributed by atoms with Gasteiger partial charge in [-0.25, -0.2) is 13.4 Å². The largest absolute Gasteiger partial charge is 0.324 e. The molecule has 3 heterocycles. The number of amides is 1. The highest BCUT2D eigenvalue weighted by molar-refractivity contribution is 7.91. The number of hydrogen-bond acceptors (Lipinski definition) is 5. The van der Waals surface area contributed by atoms with Gasteiger partial charge in [-0.3, -0.25) is 9.48 Å². The smallest absolute Gasteiger partial charge is 0.228 e. The van der Waals surface area contributed by atoms with Crippen molar-refractivity contribution in [2.45, 2.75) is 13.3 Å². The van der Waals surface area contributed by atoms with Crippen molar-refractivity contribution in [2.24, 2.45) is 13.0 Å². The third kappa shape index (κ3) is 2.63. The first-order valence-electron chi connectivity index (χ1n) is 6.66. The molecule has 0 unspecified atom stereocenters. The van der Waals surface area contributed by atoms with Crippen LogP contribution in [0.15, 0.2) is 12.3 Å². The summed E-state index contributed by atoms with van der Waals surface area (Å²) >= 11 is 0. The van der Waals surface area contributed by atoms with Crippen LogP contribution < -0.4 is 5.32 Å². The Morgan fingerprint density at radius 3 is 2.90 bits per heavy atom. The van der Waals surface area contributed by atoms with Crippen LogP contribution >= 0.6 is 0 Å². The maximum absolute atomic E-state index is 12.1. The molecular weight excluding hydrogens is 292 g/mol. The van der Waals surface area contributed by atoms with Crippen molar-refractivity contribution in [1.29, 1.82) is 0 Å². The second-order valence-electron chi connectivity index (χ2n) is 5.39. The lowest BCUT2D eigenvalue weighted by Crippen LogP contribution is -2.23. The molecule has 1 N–H and O–H groups in total. The minimum absolute atomic E-state index is 0.0690. The molecule has 8 heteroatoms. The Kier molecular flexibility index (Phi) is 3.20. The second kappa shape index (κ2) is 4.80. The Balaban J connectivity index is 1.82. The summed E-state index contributed by atoms with van der Waals surface area (Å²) in [6, 6.07) is 1.81. The summed E-state index contributed by atoms with van der Waals surface area (Å²) in [5.41, 5.74) is 2.14. The molecule has 7 nitrogen and oxygen atoms in total. The van der Waals surface area contributed by atoms with Crippen molar-refractivity contribution < 1.29 is 13.2 Å². The van der Waals surface area contributed by atoms with Crippen LogP contribution in [0.1, 0.15) is 12.1 Å². The Morgan fingerprint density at radius 1 is 1.48 bits per heavy atom. The minimum Gasteiger partial charge on any atom is -0.324 e. The first-order valence-corrected chi connectivity index (χ1v) is 8.48. The van der Waals surface area contributed by atoms with Crippen LogP contribution in [0.4, 0.5) is 5.69 Å². The molecule has 3 rings (SSSR count). The van der Waals surface area contributed by atoms with Gasteiger partial charge in [0.05, 0.1) is 35.0 Å². The lowest BCUT2D eigenvalue weighted by atomic mass is 10.1. The van der Waals surface area contributed by atoms with E-state index in [1.807, 2.05) is 20.0 Å². The van der Waals surface area contributed by atoms with Crippen LogP contribution in [-0.4, -0.2) is 40.6 Å². The molecule has 2 aromatic heterocycles. The van der Waals surface area contributed by atoms with Gasteiger partial charge < -0.3 is 5.32 Å². The van der Waals surface area contributed by atoms with Crippen LogP contribution in [0.25, 0.3) is 11.0 Å². The van der Waals surface area contributed by atoms with Crippen molar-refractivity contribution >= 4 is 32.5 Å². The summed E-state index contributed by atoms with van der Waals surface area (Å²) in [5.74, 6) is -0.718. The summed E-state index contributed by atoms with van der Waals surface area (Å²) in [7, 11) is -1.25. The molecule has 0 radical (unpaired) electrons. The number of nitrogens with zero attached hydrogens (tertiary/aromatic N) is 3. The number of nitrogens with one attached hydrogen (secondary N) is 1. The third-order valence-electron chi connectivity index (χ3n) is 3.73. The lowest BCUT2D eigenvalue weighted by Gasteiger charge is -2.09. The first-order chi connectivity index (χ1) is 9.85. The molecule has 1 fully saturated rings. The zero-order valence-electron chi connectivity index (χ0n) is 11.8. The molecule has 0 aliphatic carbocycles. The monoisotopic (exact) mass is 308 g/mol. The van der Waals surface area contributed by atoms with Gasteiger partial charge in [0.15, 0.2) is 15.5 Å². The molecule has 1 aliphatic heterocycles. The predicted molar refractivity (Wildman–Crippen MR) is 78.6 cm³/mol. The summed E-state index contributed by atoms with van der Waals surface area (Å²) in [5, 5.41) is 7.89. The predicted octanol–water partition coefficient (Wildman–Crippen LogP) is 0.650. The van der Waals surface area contributed by atoms with Gasteiger partial charge in [0.2, 0.25) is 5.91 Å². The fraction of sp³-hybridized carbons (Fsp3) is 0.462. The Morgan fingerprint density at radius 2 is 2.24 bits per heavy atom. The number of pyridine rings is 1. The number of carbonyl (C=O) groups is 1. The summed E-state index contributed by atoms with van der Waals surface area (Å²) in [4.78, 5) is 16.4. The van der Waals surface area contributed by atoms with Crippen LogP contribution in [0, 0.1) is 12.8 Å². The standard InChI is InChI=1S/C13H16N4O3S/c1-8-11-5-10(6-14-12(11)17(2)16-8)15-13(18)9-3-4-21(19,20)7-9/h5-6,9H,3-4,7H2,1-2H3,(H,15,18)/t9-/m1/s1. The normalized spacial score (nSPS) is 20.8. The van der Waals surface area contributed by atoms with Crippen molar-refractivity contribution in [3.8, 4) is 0 Å². The van der Waals surface area contributed by atoms with E-state index in [-0.39, 0.29) is 17.4 Å². The van der Waals surface area contributed by atoms with Gasteiger partial charge in [0.1, 0.15) is 0 Å². The second-order valence-corrected chi connectivity index (χ2v) is 7.62. The highest BCUT2D eigenvalue weighted by Crippen LogP contribution is 2.22. The van der Waals surface area contributed by atoms with E-state index in [9.17, 15) is 13.2 Å². The van der Waals surface area contributed by atoms with E-state index < -0.39 is 15.8 Å². The summed E-state index contributed by atoms with van der Waals surface area (Å²) in [6.07, 6.45) is 1.95. The molecule has 1 amide bonds. The Bertz CT molecular complexity index is 825. The number of rotatable bonds is 2. The topological polar surface area (TPSA) is 93.9 Å². The average molecular weight is 308 g/mol. The highest BCUT2D eigenvalue weighted by atomic mass is 32.2. The molecule has 0 saturated carbocycles. The van der Waals surface area contributed by atoms with Gasteiger partial charge in [0.25, 0.3) is 0 Å². The number of hydrogen-bond donors (Lipinski definition) is 1. The Labute approximate surface area is 122 Å². The van der Waals surface area contributed by atoms with Gasteiger partial charge in [-0.05, 0) is 19.4 Å². The van der Waals surface area contributed by atoms with E-state index in [1.165, 1.54) is 0 Å². The molecule has 1 aliphatic rings. The molecule has 1 saturated heterocycles. The van der Waals surface area contributed by atoms with Gasteiger partial charge in [-0.1, -0.05) is 0 Å². The van der Waals surface area contributed by atoms with E-state index in [1.54, 1.807) is 10.9 Å². The van der Waals surface area contributed by atoms with Crippen molar-refractivity contribution in [3.05, 3.63) is 18.0 Å². The van der Waals surface area contributed by atoms with Crippen molar-refractivity contribution in [2.75, 3.05) is 16.8 Å². The molecule has 0 spiro atoms. The highest BCUT2D eigenvalue weighted by Gasteiger charge is 2.33. The van der Waals surface area contributed by atoms with E-state index in [0.29, 0.717) is 12.1 Å². The SMILES string of the molecule is Cc1nn(C)c2ncc(NC(=O)[C@@H]3CCS(=O)(=O)C3)cc12. The average Bonchev–Trinajstić information content (AvgIpc) is 2.91. The zero-order valence-corrected chi connectivity index (χ0v) is 12.6. The molecule has 0 bridgehead atoms. The molecule has 2 aromatic rings. The van der Waals surface area contributed by atoms with Crippen molar-refractivity contribution in [3.63, 3.8) is 0 Å². The summed E-state index contributed by atoms with van der Waals surface area (Å²) < 4.78 is 24.5. The number of fused-ring (bicyclic) bond motifs is 1. The summed E-state index contributed by atoms with van der Waals surface area (Å²) in [6.45, 7) is 1.87. The number of anilines is 1. The fourth-order valence-corrected chi connectivity index (χ4v) is 4.36. The number of aromatic nitrogens is 3. The first kappa shape index (κ1) is 14.0. The minimum atomic E-state index is -3.06. The lowest BCUT2D eigenvalue weighted by molar-refractivity contribution is -0.119. The van der Waals surface area contributed by atoms with Crippen LogP contribution in [0.3, 0.4) is 0 Å². The van der Waals surface area contributed by atoms with E-state index >= 15 is 0 Å². The number of sulfone groups is 1. The zero-order chi connectivity index (χ0) is 15.2. The van der Waals surface area contributed by atoms with E-state index in [4.69, 9.17) is 0 Å². The van der Waals surface area contributed by atoms with Gasteiger partial charge in [-0.15, -0.1) is 0 Å². The van der Waals surface area contributed by atoms with Gasteiger partial charge >= 0.3 is 0 Å². The molecule has 1 atom stereocenters. The quantitative estimate of drug-likeness (QED) is 0.879. The Hall–Kier alpha value is -1.96. The van der Waals surface area contributed by atoms with Crippen LogP contribution in [0.5, 0.6) is 0 Å². The third-order valence-corrected chi connectivity index (χ3v) is 5.50. The molecule has 0 aromatic carbocycles.